The minimum absolute atomic E-state index is 0.617. The molecule has 2 N–H and O–H groups in total. The SMILES string of the molecule is Clc1cc2nccnc2cc1CNc1cnccc1N1CC2CNCC2C1. The topological polar surface area (TPSA) is 66.0 Å². The summed E-state index contributed by atoms with van der Waals surface area (Å²) >= 11 is 6.46. The van der Waals surface area contributed by atoms with Crippen LogP contribution < -0.4 is 15.5 Å². The largest absolute Gasteiger partial charge is 0.378 e. The summed E-state index contributed by atoms with van der Waals surface area (Å²) in [6.45, 7) is 5.07. The van der Waals surface area contributed by atoms with Gasteiger partial charge in [0.15, 0.2) is 0 Å². The molecule has 6 nitrogen and oxygen atoms in total. The summed E-state index contributed by atoms with van der Waals surface area (Å²) in [5.74, 6) is 1.50. The normalized spacial score (nSPS) is 21.6. The van der Waals surface area contributed by atoms with Crippen molar-refractivity contribution in [2.75, 3.05) is 36.4 Å². The summed E-state index contributed by atoms with van der Waals surface area (Å²) in [5, 5.41) is 7.72. The zero-order valence-electron chi connectivity index (χ0n) is 14.9. The molecule has 2 saturated heterocycles. The molecule has 2 atom stereocenters. The van der Waals surface area contributed by atoms with E-state index in [-0.39, 0.29) is 0 Å². The molecule has 2 unspecified atom stereocenters. The van der Waals surface area contributed by atoms with Crippen molar-refractivity contribution in [2.45, 2.75) is 6.54 Å². The van der Waals surface area contributed by atoms with Gasteiger partial charge >= 0.3 is 0 Å². The Bertz CT molecular complexity index is 966. The van der Waals surface area contributed by atoms with Crippen molar-refractivity contribution in [3.63, 3.8) is 0 Å². The number of halogens is 1. The summed E-state index contributed by atoms with van der Waals surface area (Å²) in [5.41, 5.74) is 4.93. The Morgan fingerprint density at radius 2 is 1.81 bits per heavy atom. The highest BCUT2D eigenvalue weighted by molar-refractivity contribution is 6.32. The van der Waals surface area contributed by atoms with Crippen LogP contribution in [0, 0.1) is 11.8 Å². The zero-order chi connectivity index (χ0) is 18.2. The van der Waals surface area contributed by atoms with Crippen molar-refractivity contribution in [2.24, 2.45) is 11.8 Å². The van der Waals surface area contributed by atoms with Gasteiger partial charge in [0.2, 0.25) is 0 Å². The van der Waals surface area contributed by atoms with E-state index >= 15 is 0 Å². The Morgan fingerprint density at radius 1 is 1.07 bits per heavy atom. The van der Waals surface area contributed by atoms with Crippen molar-refractivity contribution >= 4 is 34.0 Å². The second-order valence-electron chi connectivity index (χ2n) is 7.32. The van der Waals surface area contributed by atoms with Gasteiger partial charge in [0.25, 0.3) is 0 Å². The summed E-state index contributed by atoms with van der Waals surface area (Å²) in [4.78, 5) is 15.5. The molecule has 138 valence electrons. The Hall–Kier alpha value is -2.44. The first-order valence-corrected chi connectivity index (χ1v) is 9.68. The van der Waals surface area contributed by atoms with Crippen molar-refractivity contribution < 1.29 is 0 Å². The van der Waals surface area contributed by atoms with E-state index in [0.29, 0.717) is 11.6 Å². The highest BCUT2D eigenvalue weighted by Crippen LogP contribution is 2.34. The first kappa shape index (κ1) is 16.7. The summed E-state index contributed by atoms with van der Waals surface area (Å²) in [7, 11) is 0. The highest BCUT2D eigenvalue weighted by Gasteiger charge is 2.36. The van der Waals surface area contributed by atoms with Crippen LogP contribution in [0.1, 0.15) is 5.56 Å². The van der Waals surface area contributed by atoms with Gasteiger partial charge in [-0.25, -0.2) is 0 Å². The van der Waals surface area contributed by atoms with Crippen molar-refractivity contribution in [3.05, 3.63) is 53.6 Å². The lowest BCUT2D eigenvalue weighted by Gasteiger charge is -2.23. The Morgan fingerprint density at radius 3 is 2.59 bits per heavy atom. The molecule has 0 amide bonds. The van der Waals surface area contributed by atoms with Crippen LogP contribution in [-0.4, -0.2) is 41.1 Å². The first-order valence-electron chi connectivity index (χ1n) is 9.30. The van der Waals surface area contributed by atoms with Crippen LogP contribution in [0.3, 0.4) is 0 Å². The second-order valence-corrected chi connectivity index (χ2v) is 7.73. The number of rotatable bonds is 4. The van der Waals surface area contributed by atoms with E-state index in [1.165, 1.54) is 5.69 Å². The van der Waals surface area contributed by atoms with E-state index in [0.717, 1.165) is 60.3 Å². The predicted octanol–water partition coefficient (Wildman–Crippen LogP) is 2.95. The maximum Gasteiger partial charge on any atom is 0.0901 e. The van der Waals surface area contributed by atoms with Crippen LogP contribution in [0.2, 0.25) is 5.02 Å². The number of fused-ring (bicyclic) bond motifs is 2. The van der Waals surface area contributed by atoms with Crippen molar-refractivity contribution in [1.29, 1.82) is 0 Å². The van der Waals surface area contributed by atoms with E-state index in [2.05, 4.69) is 36.6 Å². The van der Waals surface area contributed by atoms with Crippen LogP contribution in [0.5, 0.6) is 0 Å². The molecule has 3 aromatic rings. The quantitative estimate of drug-likeness (QED) is 0.725. The third kappa shape index (κ3) is 3.19. The van der Waals surface area contributed by atoms with Gasteiger partial charge < -0.3 is 15.5 Å². The molecular formula is C20H21ClN6. The fourth-order valence-corrected chi connectivity index (χ4v) is 4.43. The number of nitrogens with zero attached hydrogens (tertiary/aromatic N) is 4. The van der Waals surface area contributed by atoms with Crippen LogP contribution >= 0.6 is 11.6 Å². The minimum atomic E-state index is 0.617. The Balaban J connectivity index is 1.37. The summed E-state index contributed by atoms with van der Waals surface area (Å²) in [6, 6.07) is 5.98. The average molecular weight is 381 g/mol. The number of anilines is 2. The molecule has 0 saturated carbocycles. The van der Waals surface area contributed by atoms with Crippen molar-refractivity contribution in [1.82, 2.24) is 20.3 Å². The molecule has 1 aromatic carbocycles. The number of benzene rings is 1. The third-order valence-corrected chi connectivity index (χ3v) is 5.99. The molecule has 7 heteroatoms. The van der Waals surface area contributed by atoms with Gasteiger partial charge in [0, 0.05) is 56.3 Å². The summed E-state index contributed by atoms with van der Waals surface area (Å²) in [6.07, 6.45) is 7.15. The summed E-state index contributed by atoms with van der Waals surface area (Å²) < 4.78 is 0. The number of aromatic nitrogens is 3. The lowest BCUT2D eigenvalue weighted by molar-refractivity contribution is 0.533. The lowest BCUT2D eigenvalue weighted by atomic mass is 10.0. The Kier molecular flexibility index (Phi) is 4.30. The molecule has 0 spiro atoms. The maximum absolute atomic E-state index is 6.46. The molecule has 2 fully saturated rings. The minimum Gasteiger partial charge on any atom is -0.378 e. The highest BCUT2D eigenvalue weighted by atomic mass is 35.5. The smallest absolute Gasteiger partial charge is 0.0901 e. The number of pyridine rings is 1. The Labute approximate surface area is 163 Å². The number of hydrogen-bond donors (Lipinski definition) is 2. The van der Waals surface area contributed by atoms with Crippen LogP contribution in [0.25, 0.3) is 11.0 Å². The van der Waals surface area contributed by atoms with E-state index in [9.17, 15) is 0 Å². The molecule has 2 aliphatic heterocycles. The first-order chi connectivity index (χ1) is 13.3. The van der Waals surface area contributed by atoms with Gasteiger partial charge in [0.1, 0.15) is 0 Å². The van der Waals surface area contributed by atoms with Gasteiger partial charge in [-0.15, -0.1) is 0 Å². The van der Waals surface area contributed by atoms with E-state index in [4.69, 9.17) is 11.6 Å². The van der Waals surface area contributed by atoms with E-state index in [1.54, 1.807) is 12.4 Å². The molecule has 2 aromatic heterocycles. The van der Waals surface area contributed by atoms with Crippen LogP contribution in [0.4, 0.5) is 11.4 Å². The van der Waals surface area contributed by atoms with Gasteiger partial charge in [-0.2, -0.15) is 0 Å². The second kappa shape index (κ2) is 6.94. The molecule has 4 heterocycles. The van der Waals surface area contributed by atoms with Gasteiger partial charge in [-0.1, -0.05) is 11.6 Å². The zero-order valence-corrected chi connectivity index (χ0v) is 15.7. The maximum atomic E-state index is 6.46. The molecular weight excluding hydrogens is 360 g/mol. The molecule has 0 bridgehead atoms. The van der Waals surface area contributed by atoms with Crippen LogP contribution in [-0.2, 0) is 6.54 Å². The number of hydrogen-bond acceptors (Lipinski definition) is 6. The van der Waals surface area contributed by atoms with Gasteiger partial charge in [-0.05, 0) is 35.6 Å². The molecule has 5 rings (SSSR count). The monoisotopic (exact) mass is 380 g/mol. The average Bonchev–Trinajstić information content (AvgIpc) is 3.29. The van der Waals surface area contributed by atoms with Crippen LogP contribution in [0.15, 0.2) is 43.0 Å². The van der Waals surface area contributed by atoms with Gasteiger partial charge in [-0.3, -0.25) is 15.0 Å². The van der Waals surface area contributed by atoms with Gasteiger partial charge in [0.05, 0.1) is 28.6 Å². The number of nitrogens with one attached hydrogen (secondary N) is 2. The fourth-order valence-electron chi connectivity index (χ4n) is 4.21. The van der Waals surface area contributed by atoms with Crippen molar-refractivity contribution in [3.8, 4) is 0 Å². The van der Waals surface area contributed by atoms with E-state index < -0.39 is 0 Å². The van der Waals surface area contributed by atoms with E-state index in [1.807, 2.05) is 24.5 Å². The standard InChI is InChI=1S/C20H21ClN6/c21-16-6-18-17(24-3-4-25-18)5-13(16)9-26-19-10-22-2-1-20(19)27-11-14-7-23-8-15(14)12-27/h1-6,10,14-15,23,26H,7-9,11-12H2. The molecule has 0 radical (unpaired) electrons. The fraction of sp³-hybridized carbons (Fsp3) is 0.350. The molecule has 0 aliphatic carbocycles. The third-order valence-electron chi connectivity index (χ3n) is 5.64. The molecule has 27 heavy (non-hydrogen) atoms. The molecule has 2 aliphatic rings. The predicted molar refractivity (Wildman–Crippen MR) is 108 cm³/mol. The lowest BCUT2D eigenvalue weighted by Crippen LogP contribution is -2.26.